The molecular weight excluding hydrogens is 484 g/mol. The topological polar surface area (TPSA) is 64.7 Å². The van der Waals surface area contributed by atoms with Crippen molar-refractivity contribution in [2.45, 2.75) is 44.9 Å². The summed E-state index contributed by atoms with van der Waals surface area (Å²) in [5, 5.41) is 8.45. The van der Waals surface area contributed by atoms with Crippen molar-refractivity contribution in [2.75, 3.05) is 52.4 Å². The lowest BCUT2D eigenvalue weighted by molar-refractivity contribution is 0.0939. The summed E-state index contributed by atoms with van der Waals surface area (Å²) >= 11 is 0. The minimum Gasteiger partial charge on any atom is -0.351 e. The predicted octanol–water partition coefficient (Wildman–Crippen LogP) is 4.84. The van der Waals surface area contributed by atoms with Gasteiger partial charge in [-0.3, -0.25) is 9.59 Å². The van der Waals surface area contributed by atoms with Crippen LogP contribution in [0, 0.1) is 0 Å². The van der Waals surface area contributed by atoms with Crippen molar-refractivity contribution in [2.24, 2.45) is 0 Å². The Bertz CT molecular complexity index is 1360. The molecule has 1 aliphatic carbocycles. The van der Waals surface area contributed by atoms with E-state index < -0.39 is 0 Å². The standard InChI is InChI=1S/C33H40N4O2/c38-32(34-14-20-36-16-3-1-4-17-36)25-11-12-27-26(23-25)22-24-10-13-30(29-9-7-8-28(27)31(24)29)33(39)35-15-21-37-18-5-2-6-19-37/h7-13,23H,1-6,14-22H2,(H,34,38)(H,35,39). The SMILES string of the molecule is O=C(NCCN1CCCCC1)c1ccc2c(c1)Cc1ccc(C(=O)NCCN3CCCCC3)c3cccc-2c13. The number of nitrogens with zero attached hydrogens (tertiary/aromatic N) is 2. The number of likely N-dealkylation sites (tertiary alicyclic amines) is 2. The summed E-state index contributed by atoms with van der Waals surface area (Å²) < 4.78 is 0. The van der Waals surface area contributed by atoms with E-state index in [4.69, 9.17) is 0 Å². The van der Waals surface area contributed by atoms with Crippen molar-refractivity contribution in [3.8, 4) is 11.1 Å². The van der Waals surface area contributed by atoms with Gasteiger partial charge in [0.05, 0.1) is 0 Å². The monoisotopic (exact) mass is 524 g/mol. The van der Waals surface area contributed by atoms with Gasteiger partial charge in [0.2, 0.25) is 0 Å². The zero-order chi connectivity index (χ0) is 26.6. The third kappa shape index (κ3) is 5.73. The molecule has 6 heteroatoms. The Morgan fingerprint density at radius 1 is 0.667 bits per heavy atom. The summed E-state index contributed by atoms with van der Waals surface area (Å²) in [4.78, 5) is 31.0. The largest absolute Gasteiger partial charge is 0.351 e. The highest BCUT2D eigenvalue weighted by Gasteiger charge is 2.23. The van der Waals surface area contributed by atoms with Crippen LogP contribution in [0.1, 0.15) is 70.4 Å². The first-order valence-electron chi connectivity index (χ1n) is 14.9. The normalized spacial score (nSPS) is 17.5. The van der Waals surface area contributed by atoms with Gasteiger partial charge in [-0.05, 0) is 110 Å². The number of piperidine rings is 2. The molecule has 2 fully saturated rings. The minimum atomic E-state index is -0.00427. The molecule has 2 amide bonds. The zero-order valence-corrected chi connectivity index (χ0v) is 22.9. The summed E-state index contributed by atoms with van der Waals surface area (Å²) in [7, 11) is 0. The third-order valence-corrected chi connectivity index (χ3v) is 8.73. The lowest BCUT2D eigenvalue weighted by Crippen LogP contribution is -2.37. The van der Waals surface area contributed by atoms with E-state index in [0.29, 0.717) is 18.7 Å². The highest BCUT2D eigenvalue weighted by atomic mass is 16.2. The van der Waals surface area contributed by atoms with Crippen LogP contribution >= 0.6 is 0 Å². The predicted molar refractivity (Wildman–Crippen MR) is 157 cm³/mol. The number of rotatable bonds is 8. The Morgan fingerprint density at radius 3 is 2.03 bits per heavy atom. The molecule has 0 aromatic heterocycles. The van der Waals surface area contributed by atoms with Crippen LogP contribution in [0.2, 0.25) is 0 Å². The van der Waals surface area contributed by atoms with E-state index in [-0.39, 0.29) is 11.8 Å². The molecule has 3 aromatic carbocycles. The van der Waals surface area contributed by atoms with Crippen LogP contribution in [0.4, 0.5) is 0 Å². The first kappa shape index (κ1) is 26.0. The molecule has 2 aliphatic heterocycles. The first-order chi connectivity index (χ1) is 19.2. The Kier molecular flexibility index (Phi) is 7.93. The number of fused-ring (bicyclic) bond motifs is 2. The second-order valence-corrected chi connectivity index (χ2v) is 11.4. The van der Waals surface area contributed by atoms with E-state index >= 15 is 0 Å². The van der Waals surface area contributed by atoms with Gasteiger partial charge in [-0.25, -0.2) is 0 Å². The molecule has 0 unspecified atom stereocenters. The molecule has 6 nitrogen and oxygen atoms in total. The van der Waals surface area contributed by atoms with E-state index in [1.54, 1.807) is 0 Å². The van der Waals surface area contributed by atoms with Crippen molar-refractivity contribution in [1.29, 1.82) is 0 Å². The average molecular weight is 525 g/mol. The number of benzene rings is 3. The van der Waals surface area contributed by atoms with Gasteiger partial charge >= 0.3 is 0 Å². The second kappa shape index (κ2) is 11.9. The van der Waals surface area contributed by atoms with Crippen LogP contribution < -0.4 is 10.6 Å². The molecule has 2 saturated heterocycles. The lowest BCUT2D eigenvalue weighted by Gasteiger charge is -2.26. The van der Waals surface area contributed by atoms with Gasteiger partial charge < -0.3 is 20.4 Å². The van der Waals surface area contributed by atoms with E-state index in [2.05, 4.69) is 50.8 Å². The van der Waals surface area contributed by atoms with E-state index in [1.165, 1.54) is 44.1 Å². The van der Waals surface area contributed by atoms with Gasteiger partial charge in [0.15, 0.2) is 0 Å². The summed E-state index contributed by atoms with van der Waals surface area (Å²) in [6.45, 7) is 7.74. The number of carbonyl (C=O) groups is 2. The van der Waals surface area contributed by atoms with E-state index in [9.17, 15) is 9.59 Å². The van der Waals surface area contributed by atoms with Gasteiger partial charge in [0.1, 0.15) is 0 Å². The number of amides is 2. The van der Waals surface area contributed by atoms with Gasteiger partial charge in [-0.2, -0.15) is 0 Å². The van der Waals surface area contributed by atoms with Crippen LogP contribution in [0.15, 0.2) is 48.5 Å². The van der Waals surface area contributed by atoms with Crippen molar-refractivity contribution in [3.63, 3.8) is 0 Å². The summed E-state index contributed by atoms with van der Waals surface area (Å²) in [6, 6.07) is 16.4. The van der Waals surface area contributed by atoms with Crippen LogP contribution in [-0.2, 0) is 6.42 Å². The molecule has 6 rings (SSSR count). The smallest absolute Gasteiger partial charge is 0.251 e. The summed E-state index contributed by atoms with van der Waals surface area (Å²) in [6.07, 6.45) is 8.44. The Balaban J connectivity index is 1.16. The number of hydrogen-bond acceptors (Lipinski definition) is 4. The van der Waals surface area contributed by atoms with Gasteiger partial charge in [-0.1, -0.05) is 43.2 Å². The average Bonchev–Trinajstić information content (AvgIpc) is 2.98. The number of carbonyl (C=O) groups excluding carboxylic acids is 2. The first-order valence-corrected chi connectivity index (χ1v) is 14.9. The molecule has 0 bridgehead atoms. The third-order valence-electron chi connectivity index (χ3n) is 8.73. The Hall–Kier alpha value is -3.22. The van der Waals surface area contributed by atoms with Crippen LogP contribution in [-0.4, -0.2) is 74.0 Å². The lowest BCUT2D eigenvalue weighted by atomic mass is 9.82. The molecule has 0 atom stereocenters. The van der Waals surface area contributed by atoms with Crippen LogP contribution in [0.5, 0.6) is 0 Å². The molecule has 3 aromatic rings. The van der Waals surface area contributed by atoms with Crippen molar-refractivity contribution < 1.29 is 9.59 Å². The summed E-state index contributed by atoms with van der Waals surface area (Å²) in [5.74, 6) is -0.00605. The maximum atomic E-state index is 13.2. The minimum absolute atomic E-state index is 0.00178. The fourth-order valence-corrected chi connectivity index (χ4v) is 6.62. The van der Waals surface area contributed by atoms with Gasteiger partial charge in [0.25, 0.3) is 11.8 Å². The van der Waals surface area contributed by atoms with Crippen molar-refractivity contribution in [1.82, 2.24) is 20.4 Å². The molecule has 204 valence electrons. The van der Waals surface area contributed by atoms with E-state index in [0.717, 1.165) is 78.7 Å². The maximum absolute atomic E-state index is 13.2. The molecule has 0 saturated carbocycles. The summed E-state index contributed by atoms with van der Waals surface area (Å²) in [5.41, 5.74) is 6.12. The quantitative estimate of drug-likeness (QED) is 0.346. The van der Waals surface area contributed by atoms with Gasteiger partial charge in [0, 0.05) is 37.3 Å². The molecule has 2 heterocycles. The second-order valence-electron chi connectivity index (χ2n) is 11.4. The Morgan fingerprint density at radius 2 is 1.33 bits per heavy atom. The van der Waals surface area contributed by atoms with E-state index in [1.807, 2.05) is 18.2 Å². The molecule has 0 radical (unpaired) electrons. The fourth-order valence-electron chi connectivity index (χ4n) is 6.62. The fraction of sp³-hybridized carbons (Fsp3) is 0.455. The molecular formula is C33H40N4O2. The number of hydrogen-bond donors (Lipinski definition) is 2. The zero-order valence-electron chi connectivity index (χ0n) is 22.9. The molecule has 39 heavy (non-hydrogen) atoms. The van der Waals surface area contributed by atoms with Crippen molar-refractivity contribution >= 4 is 22.6 Å². The highest BCUT2D eigenvalue weighted by Crippen LogP contribution is 2.40. The van der Waals surface area contributed by atoms with Gasteiger partial charge in [-0.15, -0.1) is 0 Å². The van der Waals surface area contributed by atoms with Crippen LogP contribution in [0.3, 0.4) is 0 Å². The maximum Gasteiger partial charge on any atom is 0.251 e. The van der Waals surface area contributed by atoms with Crippen molar-refractivity contribution in [3.05, 3.63) is 70.8 Å². The molecule has 3 aliphatic rings. The van der Waals surface area contributed by atoms with Crippen LogP contribution in [0.25, 0.3) is 21.9 Å². The molecule has 2 N–H and O–H groups in total. The Labute approximate surface area is 231 Å². The molecule has 0 spiro atoms. The highest BCUT2D eigenvalue weighted by molar-refractivity contribution is 6.12. The number of nitrogens with one attached hydrogen (secondary N) is 2.